The van der Waals surface area contributed by atoms with Crippen molar-refractivity contribution in [3.8, 4) is 0 Å². The van der Waals surface area contributed by atoms with E-state index in [1.165, 1.54) is 19.3 Å². The highest BCUT2D eigenvalue weighted by Crippen LogP contribution is 2.19. The van der Waals surface area contributed by atoms with Crippen LogP contribution in [0.25, 0.3) is 0 Å². The number of hydrogen-bond donors (Lipinski definition) is 3. The molecule has 3 atom stereocenters. The maximum absolute atomic E-state index is 12.0. The van der Waals surface area contributed by atoms with Gasteiger partial charge in [-0.3, -0.25) is 4.79 Å². The van der Waals surface area contributed by atoms with Crippen molar-refractivity contribution in [2.24, 2.45) is 0 Å². The van der Waals surface area contributed by atoms with Crippen LogP contribution in [-0.4, -0.2) is 37.6 Å². The Morgan fingerprint density at radius 1 is 1.11 bits per heavy atom. The molecule has 1 heterocycles. The van der Waals surface area contributed by atoms with E-state index in [-0.39, 0.29) is 11.9 Å². The lowest BCUT2D eigenvalue weighted by molar-refractivity contribution is -0.124. The fourth-order valence-electron chi connectivity index (χ4n) is 2.75. The highest BCUT2D eigenvalue weighted by molar-refractivity contribution is 5.82. The zero-order valence-corrected chi connectivity index (χ0v) is 12.1. The van der Waals surface area contributed by atoms with Crippen molar-refractivity contribution in [1.82, 2.24) is 16.0 Å². The molecular formula is C14H29N3O. The van der Waals surface area contributed by atoms with Crippen LogP contribution in [0.3, 0.4) is 0 Å². The minimum atomic E-state index is 0.0578. The number of amides is 1. The van der Waals surface area contributed by atoms with Crippen molar-refractivity contribution < 1.29 is 4.79 Å². The average molecular weight is 255 g/mol. The van der Waals surface area contributed by atoms with E-state index in [1.807, 2.05) is 20.9 Å². The second-order valence-electron chi connectivity index (χ2n) is 5.01. The summed E-state index contributed by atoms with van der Waals surface area (Å²) in [4.78, 5) is 12.0. The molecule has 0 bridgehead atoms. The van der Waals surface area contributed by atoms with Crippen LogP contribution in [0.5, 0.6) is 0 Å². The fourth-order valence-corrected chi connectivity index (χ4v) is 2.75. The van der Waals surface area contributed by atoms with Gasteiger partial charge in [0, 0.05) is 12.1 Å². The molecule has 1 aliphatic heterocycles. The Hall–Kier alpha value is -0.610. The van der Waals surface area contributed by atoms with Crippen LogP contribution < -0.4 is 16.0 Å². The van der Waals surface area contributed by atoms with Crippen LogP contribution >= 0.6 is 0 Å². The zero-order chi connectivity index (χ0) is 13.4. The predicted molar refractivity (Wildman–Crippen MR) is 75.6 cm³/mol. The van der Waals surface area contributed by atoms with E-state index in [1.54, 1.807) is 0 Å². The van der Waals surface area contributed by atoms with Gasteiger partial charge in [0.1, 0.15) is 0 Å². The summed E-state index contributed by atoms with van der Waals surface area (Å²) >= 11 is 0. The van der Waals surface area contributed by atoms with E-state index >= 15 is 0 Å². The van der Waals surface area contributed by atoms with Crippen LogP contribution in [0.1, 0.15) is 52.4 Å². The lowest BCUT2D eigenvalue weighted by atomic mass is 10.0. The molecule has 0 aromatic heterocycles. The second kappa shape index (κ2) is 8.48. The largest absolute Gasteiger partial charge is 0.352 e. The van der Waals surface area contributed by atoms with Gasteiger partial charge in [0.05, 0.1) is 6.04 Å². The molecule has 1 aliphatic carbocycles. The molecule has 0 radical (unpaired) electrons. The molecule has 4 nitrogen and oxygen atoms in total. The summed E-state index contributed by atoms with van der Waals surface area (Å²) in [5, 5.41) is 9.74. The van der Waals surface area contributed by atoms with Gasteiger partial charge < -0.3 is 16.0 Å². The first-order valence-corrected chi connectivity index (χ1v) is 7.50. The smallest absolute Gasteiger partial charge is 0.237 e. The first-order chi connectivity index (χ1) is 8.79. The third-order valence-corrected chi connectivity index (χ3v) is 3.81. The highest BCUT2D eigenvalue weighted by atomic mass is 16.2. The van der Waals surface area contributed by atoms with Crippen molar-refractivity contribution in [3.05, 3.63) is 0 Å². The minimum Gasteiger partial charge on any atom is -0.352 e. The minimum absolute atomic E-state index is 0.0578. The summed E-state index contributed by atoms with van der Waals surface area (Å²) in [5.41, 5.74) is 0. The van der Waals surface area contributed by atoms with Gasteiger partial charge in [-0.1, -0.05) is 20.3 Å². The van der Waals surface area contributed by atoms with Crippen molar-refractivity contribution >= 4 is 5.91 Å². The number of carbonyl (C=O) groups excluding carboxylic acids is 1. The Bertz CT molecular complexity index is 239. The van der Waals surface area contributed by atoms with E-state index in [4.69, 9.17) is 0 Å². The first-order valence-electron chi connectivity index (χ1n) is 7.50. The number of piperidine rings is 1. The third-order valence-electron chi connectivity index (χ3n) is 3.81. The van der Waals surface area contributed by atoms with Crippen LogP contribution in [0.2, 0.25) is 0 Å². The van der Waals surface area contributed by atoms with Crippen LogP contribution in [0.4, 0.5) is 0 Å². The molecule has 1 saturated carbocycles. The molecule has 2 rings (SSSR count). The summed E-state index contributed by atoms with van der Waals surface area (Å²) in [6.45, 7) is 4.99. The average Bonchev–Trinajstić information content (AvgIpc) is 2.89. The number of rotatable bonds is 3. The maximum Gasteiger partial charge on any atom is 0.237 e. The zero-order valence-electron chi connectivity index (χ0n) is 12.1. The monoisotopic (exact) mass is 255 g/mol. The van der Waals surface area contributed by atoms with E-state index in [9.17, 15) is 4.79 Å². The van der Waals surface area contributed by atoms with Gasteiger partial charge in [-0.25, -0.2) is 0 Å². The molecule has 4 heteroatoms. The molecule has 0 spiro atoms. The van der Waals surface area contributed by atoms with E-state index in [2.05, 4.69) is 16.0 Å². The van der Waals surface area contributed by atoms with E-state index in [0.717, 1.165) is 25.8 Å². The van der Waals surface area contributed by atoms with E-state index in [0.29, 0.717) is 12.1 Å². The summed E-state index contributed by atoms with van der Waals surface area (Å²) in [5.74, 6) is 0.210. The normalized spacial score (nSPS) is 31.4. The van der Waals surface area contributed by atoms with Crippen LogP contribution in [0.15, 0.2) is 0 Å². The molecule has 2 aliphatic rings. The Morgan fingerprint density at radius 3 is 2.39 bits per heavy atom. The van der Waals surface area contributed by atoms with Crippen molar-refractivity contribution in [1.29, 1.82) is 0 Å². The standard InChI is InChI=1S/C12H23N3O.C2H6/c1-13-9-5-6-10(8-9)15-12(16)11-4-2-3-7-14-11;1-2/h9-11,13-14H,2-8H2,1H3,(H,15,16);1-2H3. The van der Waals surface area contributed by atoms with Gasteiger partial charge in [0.15, 0.2) is 0 Å². The van der Waals surface area contributed by atoms with Gasteiger partial charge in [-0.15, -0.1) is 0 Å². The molecule has 0 aromatic rings. The summed E-state index contributed by atoms with van der Waals surface area (Å²) < 4.78 is 0. The number of carbonyl (C=O) groups is 1. The van der Waals surface area contributed by atoms with Gasteiger partial charge in [0.2, 0.25) is 5.91 Å². The SMILES string of the molecule is CC.CNC1CCC(NC(=O)C2CCCCN2)C1. The first kappa shape index (κ1) is 15.4. The third kappa shape index (κ3) is 4.58. The molecule has 1 saturated heterocycles. The predicted octanol–water partition coefficient (Wildman–Crippen LogP) is 1.41. The topological polar surface area (TPSA) is 53.2 Å². The summed E-state index contributed by atoms with van der Waals surface area (Å²) in [6, 6.07) is 1.03. The lowest BCUT2D eigenvalue weighted by Gasteiger charge is -2.24. The van der Waals surface area contributed by atoms with Crippen molar-refractivity contribution in [2.45, 2.75) is 70.5 Å². The van der Waals surface area contributed by atoms with Crippen LogP contribution in [-0.2, 0) is 4.79 Å². The maximum atomic E-state index is 12.0. The summed E-state index contributed by atoms with van der Waals surface area (Å²) in [7, 11) is 2.00. The number of hydrogen-bond acceptors (Lipinski definition) is 3. The Morgan fingerprint density at radius 2 is 1.83 bits per heavy atom. The Labute approximate surface area is 111 Å². The molecule has 2 fully saturated rings. The highest BCUT2D eigenvalue weighted by Gasteiger charge is 2.27. The van der Waals surface area contributed by atoms with Gasteiger partial charge in [0.25, 0.3) is 0 Å². The lowest BCUT2D eigenvalue weighted by Crippen LogP contribution is -2.49. The van der Waals surface area contributed by atoms with Crippen molar-refractivity contribution in [2.75, 3.05) is 13.6 Å². The Kier molecular flexibility index (Phi) is 7.28. The molecule has 3 unspecified atom stereocenters. The van der Waals surface area contributed by atoms with Gasteiger partial charge in [-0.05, 0) is 45.7 Å². The molecule has 3 N–H and O–H groups in total. The number of nitrogens with one attached hydrogen (secondary N) is 3. The molecular weight excluding hydrogens is 226 g/mol. The van der Waals surface area contributed by atoms with Crippen LogP contribution in [0, 0.1) is 0 Å². The van der Waals surface area contributed by atoms with E-state index < -0.39 is 0 Å². The molecule has 1 amide bonds. The summed E-state index contributed by atoms with van der Waals surface area (Å²) in [6.07, 6.45) is 6.75. The molecule has 106 valence electrons. The Balaban J connectivity index is 0.000000771. The second-order valence-corrected chi connectivity index (χ2v) is 5.01. The quantitative estimate of drug-likeness (QED) is 0.715. The van der Waals surface area contributed by atoms with Gasteiger partial charge in [-0.2, -0.15) is 0 Å². The molecule has 18 heavy (non-hydrogen) atoms. The fraction of sp³-hybridized carbons (Fsp3) is 0.929. The molecule has 0 aromatic carbocycles. The van der Waals surface area contributed by atoms with Crippen molar-refractivity contribution in [3.63, 3.8) is 0 Å². The van der Waals surface area contributed by atoms with Gasteiger partial charge >= 0.3 is 0 Å².